The van der Waals surface area contributed by atoms with Crippen molar-refractivity contribution in [1.29, 1.82) is 0 Å². The zero-order chi connectivity index (χ0) is 10.7. The first-order valence-electron chi connectivity index (χ1n) is 4.63. The van der Waals surface area contributed by atoms with Crippen molar-refractivity contribution in [2.24, 2.45) is 0 Å². The van der Waals surface area contributed by atoms with E-state index in [0.29, 0.717) is 5.02 Å². The lowest BCUT2D eigenvalue weighted by molar-refractivity contribution is 0.459. The van der Waals surface area contributed by atoms with Gasteiger partial charge in [-0.2, -0.15) is 0 Å². The van der Waals surface area contributed by atoms with E-state index in [4.69, 9.17) is 16.0 Å². The lowest BCUT2D eigenvalue weighted by Crippen LogP contribution is -2.18. The van der Waals surface area contributed by atoms with Crippen molar-refractivity contribution in [3.05, 3.63) is 53.2 Å². The van der Waals surface area contributed by atoms with Gasteiger partial charge >= 0.3 is 0 Å². The molecule has 15 heavy (non-hydrogen) atoms. The number of furan rings is 1. The zero-order valence-electron chi connectivity index (χ0n) is 8.27. The number of pyridine rings is 1. The Bertz CT molecular complexity index is 411. The first kappa shape index (κ1) is 10.2. The van der Waals surface area contributed by atoms with Crippen LogP contribution >= 0.6 is 11.6 Å². The molecule has 0 fully saturated rings. The Morgan fingerprint density at radius 1 is 1.40 bits per heavy atom. The van der Waals surface area contributed by atoms with Gasteiger partial charge in [-0.05, 0) is 31.3 Å². The molecule has 3 nitrogen and oxygen atoms in total. The number of nitrogens with zero attached hydrogens (tertiary/aromatic N) is 1. The normalized spacial score (nSPS) is 12.7. The van der Waals surface area contributed by atoms with Crippen LogP contribution in [0.25, 0.3) is 0 Å². The number of hydrogen-bond donors (Lipinski definition) is 1. The van der Waals surface area contributed by atoms with Gasteiger partial charge in [0.15, 0.2) is 0 Å². The minimum absolute atomic E-state index is 0.0303. The first-order valence-corrected chi connectivity index (χ1v) is 5.01. The van der Waals surface area contributed by atoms with Crippen molar-refractivity contribution in [2.45, 2.75) is 6.04 Å². The van der Waals surface area contributed by atoms with Crippen molar-refractivity contribution in [3.63, 3.8) is 0 Å². The average molecular weight is 223 g/mol. The molecule has 2 aromatic heterocycles. The second kappa shape index (κ2) is 4.47. The molecule has 1 N–H and O–H groups in total. The lowest BCUT2D eigenvalue weighted by atomic mass is 10.1. The van der Waals surface area contributed by atoms with E-state index in [-0.39, 0.29) is 6.04 Å². The van der Waals surface area contributed by atoms with Gasteiger partial charge in [0, 0.05) is 6.20 Å². The van der Waals surface area contributed by atoms with Crippen molar-refractivity contribution in [3.8, 4) is 0 Å². The molecule has 2 aromatic rings. The molecular formula is C11H11ClN2O. The summed E-state index contributed by atoms with van der Waals surface area (Å²) < 4.78 is 5.34. The third kappa shape index (κ3) is 2.19. The Morgan fingerprint density at radius 2 is 2.27 bits per heavy atom. The van der Waals surface area contributed by atoms with E-state index in [1.807, 2.05) is 31.3 Å². The van der Waals surface area contributed by atoms with Crippen LogP contribution in [0, 0.1) is 0 Å². The van der Waals surface area contributed by atoms with Crippen LogP contribution in [0.1, 0.15) is 17.5 Å². The van der Waals surface area contributed by atoms with Crippen molar-refractivity contribution >= 4 is 11.6 Å². The number of aromatic nitrogens is 1. The molecule has 0 radical (unpaired) electrons. The number of halogens is 1. The topological polar surface area (TPSA) is 38.1 Å². The van der Waals surface area contributed by atoms with E-state index in [2.05, 4.69) is 10.3 Å². The van der Waals surface area contributed by atoms with Gasteiger partial charge in [0.1, 0.15) is 11.8 Å². The van der Waals surface area contributed by atoms with Crippen LogP contribution in [-0.4, -0.2) is 12.0 Å². The highest BCUT2D eigenvalue weighted by Crippen LogP contribution is 2.21. The average Bonchev–Trinajstić information content (AvgIpc) is 2.75. The Kier molecular flexibility index (Phi) is 3.04. The number of hydrogen-bond acceptors (Lipinski definition) is 3. The molecule has 2 heterocycles. The Balaban J connectivity index is 2.31. The van der Waals surface area contributed by atoms with Crippen LogP contribution in [0.2, 0.25) is 5.02 Å². The summed E-state index contributed by atoms with van der Waals surface area (Å²) in [6.45, 7) is 0. The second-order valence-electron chi connectivity index (χ2n) is 3.14. The molecule has 0 aliphatic carbocycles. The second-order valence-corrected chi connectivity index (χ2v) is 3.57. The molecule has 0 saturated carbocycles. The molecule has 0 aliphatic heterocycles. The summed E-state index contributed by atoms with van der Waals surface area (Å²) in [5, 5.41) is 3.77. The fourth-order valence-corrected chi connectivity index (χ4v) is 1.56. The minimum Gasteiger partial charge on any atom is -0.467 e. The van der Waals surface area contributed by atoms with Gasteiger partial charge in [-0.15, -0.1) is 0 Å². The molecule has 1 unspecified atom stereocenters. The molecule has 4 heteroatoms. The Morgan fingerprint density at radius 3 is 2.80 bits per heavy atom. The molecule has 0 spiro atoms. The highest BCUT2D eigenvalue weighted by molar-refractivity contribution is 6.30. The highest BCUT2D eigenvalue weighted by atomic mass is 35.5. The SMILES string of the molecule is CNC(c1ccc(Cl)cn1)c1ccco1. The van der Waals surface area contributed by atoms with E-state index in [9.17, 15) is 0 Å². The maximum absolute atomic E-state index is 5.78. The summed E-state index contributed by atoms with van der Waals surface area (Å²) in [5.41, 5.74) is 0.886. The summed E-state index contributed by atoms with van der Waals surface area (Å²) in [5.74, 6) is 0.840. The molecule has 0 saturated heterocycles. The maximum atomic E-state index is 5.78. The fraction of sp³-hybridized carbons (Fsp3) is 0.182. The predicted molar refractivity (Wildman–Crippen MR) is 58.9 cm³/mol. The van der Waals surface area contributed by atoms with Crippen LogP contribution in [0.5, 0.6) is 0 Å². The van der Waals surface area contributed by atoms with E-state index < -0.39 is 0 Å². The van der Waals surface area contributed by atoms with E-state index in [1.165, 1.54) is 0 Å². The summed E-state index contributed by atoms with van der Waals surface area (Å²) in [6.07, 6.45) is 3.28. The van der Waals surface area contributed by atoms with Gasteiger partial charge in [-0.1, -0.05) is 11.6 Å². The fourth-order valence-electron chi connectivity index (χ4n) is 1.45. The number of rotatable bonds is 3. The van der Waals surface area contributed by atoms with Crippen molar-refractivity contribution in [1.82, 2.24) is 10.3 Å². The first-order chi connectivity index (χ1) is 7.31. The van der Waals surface area contributed by atoms with Gasteiger partial charge in [0.2, 0.25) is 0 Å². The summed E-state index contributed by atoms with van der Waals surface area (Å²) >= 11 is 5.78. The van der Waals surface area contributed by atoms with E-state index in [1.54, 1.807) is 12.5 Å². The van der Waals surface area contributed by atoms with E-state index >= 15 is 0 Å². The standard InChI is InChI=1S/C11H11ClN2O/c1-13-11(10-3-2-6-15-10)9-5-4-8(12)7-14-9/h2-7,11,13H,1H3. The van der Waals surface area contributed by atoms with Gasteiger partial charge in [-0.3, -0.25) is 4.98 Å². The summed E-state index contributed by atoms with van der Waals surface area (Å²) in [6, 6.07) is 7.44. The molecular weight excluding hydrogens is 212 g/mol. The summed E-state index contributed by atoms with van der Waals surface area (Å²) in [4.78, 5) is 4.25. The van der Waals surface area contributed by atoms with Gasteiger partial charge in [0.05, 0.1) is 17.0 Å². The lowest BCUT2D eigenvalue weighted by Gasteiger charge is -2.12. The van der Waals surface area contributed by atoms with Crippen LogP contribution in [0.15, 0.2) is 41.1 Å². The van der Waals surface area contributed by atoms with E-state index in [0.717, 1.165) is 11.5 Å². The third-order valence-corrected chi connectivity index (χ3v) is 2.39. The van der Waals surface area contributed by atoms with Crippen LogP contribution in [-0.2, 0) is 0 Å². The quantitative estimate of drug-likeness (QED) is 0.868. The highest BCUT2D eigenvalue weighted by Gasteiger charge is 2.15. The third-order valence-electron chi connectivity index (χ3n) is 2.16. The molecule has 1 atom stereocenters. The molecule has 0 amide bonds. The molecule has 78 valence electrons. The Hall–Kier alpha value is -1.32. The zero-order valence-corrected chi connectivity index (χ0v) is 9.03. The largest absolute Gasteiger partial charge is 0.467 e. The predicted octanol–water partition coefficient (Wildman–Crippen LogP) is 2.64. The van der Waals surface area contributed by atoms with Crippen LogP contribution in [0.3, 0.4) is 0 Å². The summed E-state index contributed by atoms with van der Waals surface area (Å²) in [7, 11) is 1.86. The van der Waals surface area contributed by atoms with Crippen molar-refractivity contribution < 1.29 is 4.42 Å². The monoisotopic (exact) mass is 222 g/mol. The van der Waals surface area contributed by atoms with Crippen LogP contribution in [0.4, 0.5) is 0 Å². The van der Waals surface area contributed by atoms with Gasteiger partial charge < -0.3 is 9.73 Å². The van der Waals surface area contributed by atoms with Gasteiger partial charge in [-0.25, -0.2) is 0 Å². The Labute approximate surface area is 93.1 Å². The molecule has 2 rings (SSSR count). The maximum Gasteiger partial charge on any atom is 0.126 e. The molecule has 0 bridgehead atoms. The minimum atomic E-state index is -0.0303. The smallest absolute Gasteiger partial charge is 0.126 e. The van der Waals surface area contributed by atoms with Crippen molar-refractivity contribution in [2.75, 3.05) is 7.05 Å². The molecule has 0 aliphatic rings. The van der Waals surface area contributed by atoms with Crippen LogP contribution < -0.4 is 5.32 Å². The molecule has 0 aromatic carbocycles. The van der Waals surface area contributed by atoms with Gasteiger partial charge in [0.25, 0.3) is 0 Å². The number of nitrogens with one attached hydrogen (secondary N) is 1.